The number of ether oxygens (including phenoxy) is 1. The summed E-state index contributed by atoms with van der Waals surface area (Å²) < 4.78 is 18.3. The van der Waals surface area contributed by atoms with E-state index >= 15 is 0 Å². The monoisotopic (exact) mass is 340 g/mol. The Morgan fingerprint density at radius 1 is 1.37 bits per heavy atom. The van der Waals surface area contributed by atoms with Crippen molar-refractivity contribution >= 4 is 32.4 Å². The molecule has 1 unspecified atom stereocenters. The quantitative estimate of drug-likeness (QED) is 0.869. The van der Waals surface area contributed by atoms with Crippen LogP contribution < -0.4 is 10.5 Å². The molecule has 6 heteroatoms. The van der Waals surface area contributed by atoms with Crippen LogP contribution in [0.15, 0.2) is 45.9 Å². The summed E-state index contributed by atoms with van der Waals surface area (Å²) in [5, 5.41) is 0. The van der Waals surface area contributed by atoms with Gasteiger partial charge in [0.1, 0.15) is 5.75 Å². The summed E-state index contributed by atoms with van der Waals surface area (Å²) in [7, 11) is 0.317. The third kappa shape index (κ3) is 3.54. The van der Waals surface area contributed by atoms with E-state index < -0.39 is 10.8 Å². The normalized spacial score (nSPS) is 12.1. The molecular formula is C13H13BrN2O2S. The van der Waals surface area contributed by atoms with Crippen LogP contribution in [0.1, 0.15) is 5.69 Å². The second-order valence-corrected chi connectivity index (χ2v) is 6.20. The molecule has 0 bridgehead atoms. The average Bonchev–Trinajstić information content (AvgIpc) is 2.42. The topological polar surface area (TPSA) is 65.2 Å². The van der Waals surface area contributed by atoms with E-state index in [2.05, 4.69) is 20.9 Å². The summed E-state index contributed by atoms with van der Waals surface area (Å²) >= 11 is 3.31. The maximum Gasteiger partial charge on any atom is 0.120 e. The van der Waals surface area contributed by atoms with Crippen LogP contribution in [0.2, 0.25) is 0 Å². The molecule has 100 valence electrons. The Morgan fingerprint density at radius 2 is 2.16 bits per heavy atom. The molecule has 2 aromatic rings. The van der Waals surface area contributed by atoms with Gasteiger partial charge in [0.2, 0.25) is 0 Å². The lowest BCUT2D eigenvalue weighted by Crippen LogP contribution is -2.02. The molecule has 0 aliphatic heterocycles. The smallest absolute Gasteiger partial charge is 0.120 e. The van der Waals surface area contributed by atoms with Gasteiger partial charge in [-0.1, -0.05) is 0 Å². The van der Waals surface area contributed by atoms with Gasteiger partial charge in [0, 0.05) is 16.4 Å². The Balaban J connectivity index is 2.22. The number of benzene rings is 1. The van der Waals surface area contributed by atoms with Gasteiger partial charge in [-0.2, -0.15) is 0 Å². The first-order chi connectivity index (χ1) is 9.10. The highest BCUT2D eigenvalue weighted by atomic mass is 79.9. The summed E-state index contributed by atoms with van der Waals surface area (Å²) in [5.74, 6) is 0.964. The Labute approximate surface area is 122 Å². The number of hydrogen-bond donors (Lipinski definition) is 1. The highest BCUT2D eigenvalue weighted by Crippen LogP contribution is 2.24. The van der Waals surface area contributed by atoms with E-state index in [0.717, 1.165) is 10.2 Å². The third-order valence-corrected chi connectivity index (χ3v) is 4.40. The van der Waals surface area contributed by atoms with Crippen LogP contribution in [0.25, 0.3) is 0 Å². The van der Waals surface area contributed by atoms with Gasteiger partial charge in [-0.15, -0.1) is 0 Å². The lowest BCUT2D eigenvalue weighted by molar-refractivity contribution is 0.413. The molecule has 4 nitrogen and oxygen atoms in total. The van der Waals surface area contributed by atoms with E-state index in [9.17, 15) is 4.21 Å². The first-order valence-electron chi connectivity index (χ1n) is 5.52. The third-order valence-electron chi connectivity index (χ3n) is 2.53. The van der Waals surface area contributed by atoms with Crippen molar-refractivity contribution in [2.75, 3.05) is 12.8 Å². The van der Waals surface area contributed by atoms with E-state index in [1.807, 2.05) is 12.1 Å². The van der Waals surface area contributed by atoms with Gasteiger partial charge >= 0.3 is 0 Å². The molecule has 1 heterocycles. The van der Waals surface area contributed by atoms with Crippen molar-refractivity contribution in [1.82, 2.24) is 4.98 Å². The summed E-state index contributed by atoms with van der Waals surface area (Å²) in [6.07, 6.45) is 1.68. The minimum Gasteiger partial charge on any atom is -0.497 e. The number of nitrogens with zero attached hydrogens (tertiary/aromatic N) is 1. The molecule has 1 aromatic heterocycles. The number of rotatable bonds is 4. The predicted molar refractivity (Wildman–Crippen MR) is 79.5 cm³/mol. The molecule has 0 saturated heterocycles. The second kappa shape index (κ2) is 6.16. The lowest BCUT2D eigenvalue weighted by atomic mass is 10.3. The molecule has 1 aromatic carbocycles. The van der Waals surface area contributed by atoms with Gasteiger partial charge in [0.25, 0.3) is 0 Å². The molecule has 0 aliphatic carbocycles. The van der Waals surface area contributed by atoms with Crippen LogP contribution in [0.3, 0.4) is 0 Å². The second-order valence-electron chi connectivity index (χ2n) is 3.86. The van der Waals surface area contributed by atoms with Crippen LogP contribution in [0.5, 0.6) is 5.75 Å². The maximum absolute atomic E-state index is 12.3. The predicted octanol–water partition coefficient (Wildman–Crippen LogP) is 2.74. The standard InChI is InChI=1S/C13H13BrN2O2S/c1-18-11-4-5-12(15)13(6-11)19(17)8-10-3-2-9(14)7-16-10/h2-7H,8,15H2,1H3. The van der Waals surface area contributed by atoms with Gasteiger partial charge in [-0.3, -0.25) is 9.19 Å². The molecule has 0 radical (unpaired) electrons. The summed E-state index contributed by atoms with van der Waals surface area (Å²) in [6.45, 7) is 0. The SMILES string of the molecule is COc1ccc(N)c(S(=O)Cc2ccc(Br)cn2)c1. The molecule has 0 aliphatic rings. The number of nitrogens with two attached hydrogens (primary N) is 1. The van der Waals surface area contributed by atoms with Crippen LogP contribution >= 0.6 is 15.9 Å². The fraction of sp³-hybridized carbons (Fsp3) is 0.154. The molecular weight excluding hydrogens is 328 g/mol. The fourth-order valence-electron chi connectivity index (χ4n) is 1.54. The van der Waals surface area contributed by atoms with E-state index in [0.29, 0.717) is 22.1 Å². The van der Waals surface area contributed by atoms with Crippen molar-refractivity contribution in [2.45, 2.75) is 10.6 Å². The molecule has 0 amide bonds. The Hall–Kier alpha value is -1.40. The van der Waals surface area contributed by atoms with Gasteiger partial charge in [0.15, 0.2) is 0 Å². The Kier molecular flexibility index (Phi) is 4.55. The van der Waals surface area contributed by atoms with E-state index in [4.69, 9.17) is 10.5 Å². The summed E-state index contributed by atoms with van der Waals surface area (Å²) in [6, 6.07) is 8.84. The van der Waals surface area contributed by atoms with Crippen molar-refractivity contribution in [3.8, 4) is 5.75 Å². The highest BCUT2D eigenvalue weighted by Gasteiger charge is 2.11. The van der Waals surface area contributed by atoms with E-state index in [1.54, 1.807) is 31.5 Å². The van der Waals surface area contributed by atoms with Crippen molar-refractivity contribution in [3.05, 3.63) is 46.7 Å². The first kappa shape index (κ1) is 14.0. The number of pyridine rings is 1. The van der Waals surface area contributed by atoms with Crippen LogP contribution in [0, 0.1) is 0 Å². The molecule has 2 N–H and O–H groups in total. The number of hydrogen-bond acceptors (Lipinski definition) is 4. The minimum absolute atomic E-state index is 0.324. The van der Waals surface area contributed by atoms with E-state index in [1.165, 1.54) is 0 Å². The van der Waals surface area contributed by atoms with Crippen LogP contribution in [-0.4, -0.2) is 16.3 Å². The number of nitrogen functional groups attached to an aromatic ring is 1. The number of aromatic nitrogens is 1. The number of halogens is 1. The zero-order valence-electron chi connectivity index (χ0n) is 10.3. The number of anilines is 1. The highest BCUT2D eigenvalue weighted by molar-refractivity contribution is 9.10. The van der Waals surface area contributed by atoms with E-state index in [-0.39, 0.29) is 0 Å². The summed E-state index contributed by atoms with van der Waals surface area (Å²) in [5.41, 5.74) is 7.10. The Bertz CT molecular complexity index is 602. The van der Waals surface area contributed by atoms with Gasteiger partial charge in [-0.05, 0) is 46.3 Å². The van der Waals surface area contributed by atoms with Gasteiger partial charge in [0.05, 0.1) is 34.3 Å². The minimum atomic E-state index is -1.25. The van der Waals surface area contributed by atoms with Crippen LogP contribution in [-0.2, 0) is 16.6 Å². The van der Waals surface area contributed by atoms with Gasteiger partial charge in [-0.25, -0.2) is 0 Å². The first-order valence-corrected chi connectivity index (χ1v) is 7.63. The maximum atomic E-state index is 12.3. The molecule has 19 heavy (non-hydrogen) atoms. The van der Waals surface area contributed by atoms with Crippen molar-refractivity contribution in [1.29, 1.82) is 0 Å². The molecule has 0 spiro atoms. The lowest BCUT2D eigenvalue weighted by Gasteiger charge is -2.08. The molecule has 2 rings (SSSR count). The fourth-order valence-corrected chi connectivity index (χ4v) is 2.95. The van der Waals surface area contributed by atoms with Crippen molar-refractivity contribution in [3.63, 3.8) is 0 Å². The Morgan fingerprint density at radius 3 is 2.79 bits per heavy atom. The molecule has 0 fully saturated rings. The van der Waals surface area contributed by atoms with Crippen LogP contribution in [0.4, 0.5) is 5.69 Å². The average molecular weight is 341 g/mol. The van der Waals surface area contributed by atoms with Gasteiger partial charge < -0.3 is 10.5 Å². The van der Waals surface area contributed by atoms with Crippen molar-refractivity contribution < 1.29 is 8.95 Å². The molecule has 0 saturated carbocycles. The van der Waals surface area contributed by atoms with Crippen molar-refractivity contribution in [2.24, 2.45) is 0 Å². The molecule has 1 atom stereocenters. The number of methoxy groups -OCH3 is 1. The summed E-state index contributed by atoms with van der Waals surface area (Å²) in [4.78, 5) is 4.78. The largest absolute Gasteiger partial charge is 0.497 e. The zero-order chi connectivity index (χ0) is 13.8. The zero-order valence-corrected chi connectivity index (χ0v) is 12.7.